The highest BCUT2D eigenvalue weighted by Gasteiger charge is 2.65. The first kappa shape index (κ1) is 27.6. The van der Waals surface area contributed by atoms with Crippen molar-refractivity contribution in [2.24, 2.45) is 0 Å². The lowest BCUT2D eigenvalue weighted by Gasteiger charge is -2.32. The van der Waals surface area contributed by atoms with Crippen LogP contribution in [0, 0.1) is 10.1 Å². The van der Waals surface area contributed by atoms with Crippen LogP contribution in [0.2, 0.25) is 0 Å². The van der Waals surface area contributed by atoms with Gasteiger partial charge in [0.1, 0.15) is 12.2 Å². The SMILES string of the molecule is COC1O[C@H]([C@H](C)OC(=O)c2ccc([N+](=O)[O-])cc2)[C@@H](OC(=O)c2ccccc2)[C@]1(O)C(=O)c1ccccc1. The van der Waals surface area contributed by atoms with Crippen LogP contribution in [-0.2, 0) is 18.9 Å². The quantitative estimate of drug-likeness (QED) is 0.187. The molecule has 0 amide bonds. The summed E-state index contributed by atoms with van der Waals surface area (Å²) in [5, 5.41) is 22.7. The van der Waals surface area contributed by atoms with Crippen molar-refractivity contribution in [1.82, 2.24) is 0 Å². The van der Waals surface area contributed by atoms with Crippen molar-refractivity contribution in [3.8, 4) is 0 Å². The molecule has 0 spiro atoms. The number of aliphatic hydroxyl groups is 1. The number of carbonyl (C=O) groups excluding carboxylic acids is 3. The molecule has 11 nitrogen and oxygen atoms in total. The lowest BCUT2D eigenvalue weighted by Crippen LogP contribution is -2.57. The van der Waals surface area contributed by atoms with Crippen LogP contribution in [0.3, 0.4) is 0 Å². The molecular weight excluding hydrogens is 510 g/mol. The highest BCUT2D eigenvalue weighted by molar-refractivity contribution is 6.04. The number of Topliss-reactive ketones (excluding diaryl/α,β-unsaturated/α-hetero) is 1. The van der Waals surface area contributed by atoms with E-state index in [2.05, 4.69) is 0 Å². The van der Waals surface area contributed by atoms with Gasteiger partial charge in [-0.2, -0.15) is 0 Å². The van der Waals surface area contributed by atoms with E-state index in [-0.39, 0.29) is 22.4 Å². The van der Waals surface area contributed by atoms with E-state index < -0.39 is 52.8 Å². The van der Waals surface area contributed by atoms with Gasteiger partial charge in [-0.05, 0) is 31.2 Å². The molecule has 3 aromatic rings. The van der Waals surface area contributed by atoms with Gasteiger partial charge in [-0.3, -0.25) is 14.9 Å². The minimum atomic E-state index is -2.50. The largest absolute Gasteiger partial charge is 0.456 e. The summed E-state index contributed by atoms with van der Waals surface area (Å²) in [5.41, 5.74) is -2.43. The maximum Gasteiger partial charge on any atom is 0.338 e. The first-order valence-corrected chi connectivity index (χ1v) is 11.9. The summed E-state index contributed by atoms with van der Waals surface area (Å²) >= 11 is 0. The lowest BCUT2D eigenvalue weighted by atomic mass is 9.85. The predicted molar refractivity (Wildman–Crippen MR) is 135 cm³/mol. The van der Waals surface area contributed by atoms with Crippen LogP contribution < -0.4 is 0 Å². The molecule has 202 valence electrons. The molecule has 4 rings (SSSR count). The summed E-state index contributed by atoms with van der Waals surface area (Å²) in [6.07, 6.45) is -5.73. The van der Waals surface area contributed by atoms with Crippen LogP contribution in [0.15, 0.2) is 84.9 Å². The Morgan fingerprint density at radius 1 is 0.897 bits per heavy atom. The molecule has 0 saturated carbocycles. The number of rotatable bonds is 9. The highest BCUT2D eigenvalue weighted by atomic mass is 16.7. The third kappa shape index (κ3) is 5.55. The number of nitrogens with zero attached hydrogens (tertiary/aromatic N) is 1. The molecule has 1 unspecified atom stereocenters. The summed E-state index contributed by atoms with van der Waals surface area (Å²) in [4.78, 5) is 49.7. The van der Waals surface area contributed by atoms with Crippen molar-refractivity contribution >= 4 is 23.4 Å². The van der Waals surface area contributed by atoms with Crippen molar-refractivity contribution in [2.45, 2.75) is 37.1 Å². The zero-order valence-electron chi connectivity index (χ0n) is 21.0. The minimum absolute atomic E-state index is 0.0159. The van der Waals surface area contributed by atoms with Crippen LogP contribution >= 0.6 is 0 Å². The monoisotopic (exact) mass is 535 g/mol. The van der Waals surface area contributed by atoms with Crippen molar-refractivity contribution in [1.29, 1.82) is 0 Å². The number of nitro benzene ring substituents is 1. The number of ether oxygens (including phenoxy) is 4. The van der Waals surface area contributed by atoms with E-state index in [1.165, 1.54) is 50.4 Å². The van der Waals surface area contributed by atoms with Crippen molar-refractivity contribution in [3.63, 3.8) is 0 Å². The van der Waals surface area contributed by atoms with E-state index in [1.54, 1.807) is 36.4 Å². The Kier molecular flexibility index (Phi) is 8.15. The number of nitro groups is 1. The number of benzene rings is 3. The number of non-ortho nitro benzene ring substituents is 1. The molecule has 0 aromatic heterocycles. The number of carbonyl (C=O) groups is 3. The Bertz CT molecular complexity index is 1350. The van der Waals surface area contributed by atoms with Crippen LogP contribution in [-0.4, -0.2) is 65.1 Å². The van der Waals surface area contributed by atoms with Crippen LogP contribution in [0.1, 0.15) is 38.0 Å². The molecular formula is C28H25NO10. The molecule has 1 heterocycles. The smallest absolute Gasteiger partial charge is 0.338 e. The first-order valence-electron chi connectivity index (χ1n) is 11.9. The average Bonchev–Trinajstić information content (AvgIpc) is 3.25. The van der Waals surface area contributed by atoms with Gasteiger partial charge in [0, 0.05) is 24.8 Å². The average molecular weight is 536 g/mol. The van der Waals surface area contributed by atoms with E-state index in [1.807, 2.05) is 0 Å². The van der Waals surface area contributed by atoms with Gasteiger partial charge in [-0.15, -0.1) is 0 Å². The summed E-state index contributed by atoms with van der Waals surface area (Å²) in [6, 6.07) is 20.5. The number of hydrogen-bond donors (Lipinski definition) is 1. The van der Waals surface area contributed by atoms with Gasteiger partial charge >= 0.3 is 11.9 Å². The zero-order chi connectivity index (χ0) is 28.2. The molecule has 11 heteroatoms. The Morgan fingerprint density at radius 2 is 1.44 bits per heavy atom. The van der Waals surface area contributed by atoms with Gasteiger partial charge in [0.2, 0.25) is 11.4 Å². The number of methoxy groups -OCH3 is 1. The summed E-state index contributed by atoms with van der Waals surface area (Å²) in [5.74, 6) is -2.52. The van der Waals surface area contributed by atoms with Gasteiger partial charge in [-0.1, -0.05) is 48.5 Å². The summed E-state index contributed by atoms with van der Waals surface area (Å²) < 4.78 is 22.3. The molecule has 0 bridgehead atoms. The molecule has 1 saturated heterocycles. The van der Waals surface area contributed by atoms with E-state index in [4.69, 9.17) is 18.9 Å². The normalized spacial score (nSPS) is 23.0. The van der Waals surface area contributed by atoms with Crippen LogP contribution in [0.4, 0.5) is 5.69 Å². The standard InChI is InChI=1S/C28H25NO10/c1-17(37-25(31)20-13-15-21(16-14-20)29(34)35)22-24(39-26(32)19-11-7-4-8-12-19)28(33,27(36-2)38-22)23(30)18-9-5-3-6-10-18/h3-17,22,24,27,33H,1-2H3/t17-,22+,24+,27?,28+/m0/s1. The minimum Gasteiger partial charge on any atom is -0.456 e. The van der Waals surface area contributed by atoms with Crippen molar-refractivity contribution < 1.29 is 43.4 Å². The topological polar surface area (TPSA) is 152 Å². The molecule has 0 aliphatic carbocycles. The van der Waals surface area contributed by atoms with E-state index >= 15 is 0 Å². The molecule has 1 aliphatic rings. The zero-order valence-corrected chi connectivity index (χ0v) is 21.0. The fourth-order valence-corrected chi connectivity index (χ4v) is 4.29. The third-order valence-electron chi connectivity index (χ3n) is 6.30. The van der Waals surface area contributed by atoms with Gasteiger partial charge in [0.25, 0.3) is 5.69 Å². The van der Waals surface area contributed by atoms with Crippen molar-refractivity contribution in [3.05, 3.63) is 112 Å². The molecule has 1 N–H and O–H groups in total. The molecule has 0 radical (unpaired) electrons. The molecule has 3 aromatic carbocycles. The predicted octanol–water partition coefficient (Wildman–Crippen LogP) is 3.35. The van der Waals surface area contributed by atoms with E-state index in [0.717, 1.165) is 12.1 Å². The fraction of sp³-hybridized carbons (Fsp3) is 0.250. The van der Waals surface area contributed by atoms with E-state index in [9.17, 15) is 29.6 Å². The second-order valence-electron chi connectivity index (χ2n) is 8.80. The number of esters is 2. The second-order valence-corrected chi connectivity index (χ2v) is 8.80. The Morgan fingerprint density at radius 3 is 1.97 bits per heavy atom. The van der Waals surface area contributed by atoms with Gasteiger partial charge < -0.3 is 24.1 Å². The fourth-order valence-electron chi connectivity index (χ4n) is 4.29. The third-order valence-corrected chi connectivity index (χ3v) is 6.30. The highest BCUT2D eigenvalue weighted by Crippen LogP contribution is 2.39. The van der Waals surface area contributed by atoms with Gasteiger partial charge in [0.05, 0.1) is 16.1 Å². The van der Waals surface area contributed by atoms with Crippen LogP contribution in [0.25, 0.3) is 0 Å². The van der Waals surface area contributed by atoms with Crippen molar-refractivity contribution in [2.75, 3.05) is 7.11 Å². The lowest BCUT2D eigenvalue weighted by molar-refractivity contribution is -0.384. The number of ketones is 1. The van der Waals surface area contributed by atoms with Crippen LogP contribution in [0.5, 0.6) is 0 Å². The summed E-state index contributed by atoms with van der Waals surface area (Å²) in [6.45, 7) is 1.43. The number of hydrogen-bond acceptors (Lipinski definition) is 10. The summed E-state index contributed by atoms with van der Waals surface area (Å²) in [7, 11) is 1.21. The molecule has 39 heavy (non-hydrogen) atoms. The first-order chi connectivity index (χ1) is 18.7. The Hall–Kier alpha value is -4.45. The Labute approximate surface area is 223 Å². The molecule has 1 fully saturated rings. The van der Waals surface area contributed by atoms with Gasteiger partial charge in [0.15, 0.2) is 12.4 Å². The molecule has 5 atom stereocenters. The second kappa shape index (κ2) is 11.5. The molecule has 1 aliphatic heterocycles. The van der Waals surface area contributed by atoms with Gasteiger partial charge in [-0.25, -0.2) is 9.59 Å². The maximum atomic E-state index is 13.6. The Balaban J connectivity index is 1.66. The van der Waals surface area contributed by atoms with E-state index in [0.29, 0.717) is 0 Å². The maximum absolute atomic E-state index is 13.6.